The van der Waals surface area contributed by atoms with Crippen molar-refractivity contribution in [2.75, 3.05) is 0 Å². The molecule has 0 bridgehead atoms. The van der Waals surface area contributed by atoms with Crippen molar-refractivity contribution in [2.45, 2.75) is 118 Å². The summed E-state index contributed by atoms with van der Waals surface area (Å²) < 4.78 is 0. The molecule has 5 rings (SSSR count). The van der Waals surface area contributed by atoms with Crippen LogP contribution < -0.4 is 0 Å². The van der Waals surface area contributed by atoms with Crippen LogP contribution in [0.5, 0.6) is 0 Å². The molecular formula is C29H46O3. The number of carbonyl (C=O) groups is 1. The second-order valence-electron chi connectivity index (χ2n) is 14.6. The summed E-state index contributed by atoms with van der Waals surface area (Å²) in [6.07, 6.45) is 10.8. The maximum Gasteiger partial charge on any atom is 0.159 e. The summed E-state index contributed by atoms with van der Waals surface area (Å²) in [5.74, 6) is 1.06. The number of hydrogen-bond acceptors (Lipinski definition) is 3. The van der Waals surface area contributed by atoms with Gasteiger partial charge in [0.05, 0.1) is 11.7 Å². The molecule has 0 aromatic rings. The number of aliphatic hydroxyl groups excluding tert-OH is 1. The molecule has 3 nitrogen and oxygen atoms in total. The van der Waals surface area contributed by atoms with E-state index in [0.29, 0.717) is 17.6 Å². The second-order valence-corrected chi connectivity index (χ2v) is 14.6. The number of rotatable bonds is 0. The van der Waals surface area contributed by atoms with Crippen molar-refractivity contribution < 1.29 is 15.0 Å². The van der Waals surface area contributed by atoms with Crippen LogP contribution in [-0.2, 0) is 4.79 Å². The molecule has 2 N–H and O–H groups in total. The van der Waals surface area contributed by atoms with Gasteiger partial charge in [0.2, 0.25) is 0 Å². The molecule has 9 unspecified atom stereocenters. The standard InChI is InChI=1S/C29H46O3/c1-24(2)21-8-11-29(7)23(27(21,5)10-9-22(24)31)20(30)16-18-19-17-26(4,32)14-12-25(19,3)13-15-28(18,29)6/h16,19,21-23,31-32H,8-15,17H2,1-7H3. The van der Waals surface area contributed by atoms with Crippen molar-refractivity contribution in [2.24, 2.45) is 44.8 Å². The van der Waals surface area contributed by atoms with E-state index < -0.39 is 5.60 Å². The van der Waals surface area contributed by atoms with Gasteiger partial charge in [-0.2, -0.15) is 0 Å². The van der Waals surface area contributed by atoms with Crippen LogP contribution in [0.4, 0.5) is 0 Å². The van der Waals surface area contributed by atoms with Crippen LogP contribution >= 0.6 is 0 Å². The Bertz CT molecular complexity index is 870. The fourth-order valence-electron chi connectivity index (χ4n) is 10.2. The van der Waals surface area contributed by atoms with E-state index in [0.717, 1.165) is 51.4 Å². The molecule has 0 spiro atoms. The van der Waals surface area contributed by atoms with Crippen molar-refractivity contribution in [1.29, 1.82) is 0 Å². The minimum atomic E-state index is -0.628. The van der Waals surface area contributed by atoms with Gasteiger partial charge in [-0.3, -0.25) is 4.79 Å². The van der Waals surface area contributed by atoms with E-state index in [1.54, 1.807) is 0 Å². The Kier molecular flexibility index (Phi) is 4.69. The molecule has 5 aliphatic rings. The van der Waals surface area contributed by atoms with Crippen LogP contribution in [0.15, 0.2) is 11.6 Å². The van der Waals surface area contributed by atoms with Crippen molar-refractivity contribution >= 4 is 5.78 Å². The molecule has 180 valence electrons. The number of fused-ring (bicyclic) bond motifs is 7. The van der Waals surface area contributed by atoms with E-state index in [9.17, 15) is 15.0 Å². The lowest BCUT2D eigenvalue weighted by Gasteiger charge is -2.70. The van der Waals surface area contributed by atoms with Crippen LogP contribution in [0.1, 0.15) is 106 Å². The smallest absolute Gasteiger partial charge is 0.159 e. The van der Waals surface area contributed by atoms with Gasteiger partial charge >= 0.3 is 0 Å². The number of aliphatic hydroxyl groups is 2. The van der Waals surface area contributed by atoms with Gasteiger partial charge in [0.1, 0.15) is 0 Å². The number of ketones is 1. The van der Waals surface area contributed by atoms with Gasteiger partial charge in [0.25, 0.3) is 0 Å². The fraction of sp³-hybridized carbons (Fsp3) is 0.897. The van der Waals surface area contributed by atoms with Crippen molar-refractivity contribution in [3.8, 4) is 0 Å². The first-order valence-electron chi connectivity index (χ1n) is 13.3. The molecule has 5 aliphatic carbocycles. The SMILES string of the molecule is CC1(O)CCC2(C)CCC3(C)C(=CC(=O)C4C5(C)CCC(O)C(C)(C)C5CCC43C)C2C1. The molecule has 0 aromatic carbocycles. The first-order valence-corrected chi connectivity index (χ1v) is 13.3. The van der Waals surface area contributed by atoms with E-state index >= 15 is 0 Å². The third-order valence-corrected chi connectivity index (χ3v) is 12.5. The van der Waals surface area contributed by atoms with Gasteiger partial charge in [-0.15, -0.1) is 0 Å². The van der Waals surface area contributed by atoms with Crippen LogP contribution in [-0.4, -0.2) is 27.7 Å². The number of allylic oxidation sites excluding steroid dienone is 2. The highest BCUT2D eigenvalue weighted by Crippen LogP contribution is 2.74. The third-order valence-electron chi connectivity index (χ3n) is 12.5. The van der Waals surface area contributed by atoms with Crippen molar-refractivity contribution in [3.63, 3.8) is 0 Å². The fourth-order valence-corrected chi connectivity index (χ4v) is 10.2. The zero-order valence-corrected chi connectivity index (χ0v) is 21.6. The molecule has 9 atom stereocenters. The zero-order valence-electron chi connectivity index (χ0n) is 21.6. The molecule has 0 heterocycles. The molecule has 4 saturated carbocycles. The summed E-state index contributed by atoms with van der Waals surface area (Å²) >= 11 is 0. The summed E-state index contributed by atoms with van der Waals surface area (Å²) in [6, 6.07) is 0. The normalized spacial score (nSPS) is 56.9. The minimum Gasteiger partial charge on any atom is -0.393 e. The monoisotopic (exact) mass is 442 g/mol. The maximum atomic E-state index is 14.1. The predicted molar refractivity (Wildman–Crippen MR) is 128 cm³/mol. The highest BCUT2D eigenvalue weighted by molar-refractivity contribution is 5.95. The highest BCUT2D eigenvalue weighted by atomic mass is 16.3. The summed E-state index contributed by atoms with van der Waals surface area (Å²) in [5, 5.41) is 21.8. The zero-order chi connectivity index (χ0) is 23.5. The molecule has 32 heavy (non-hydrogen) atoms. The Morgan fingerprint density at radius 1 is 0.875 bits per heavy atom. The van der Waals surface area contributed by atoms with E-state index in [1.807, 2.05) is 6.92 Å². The number of carbonyl (C=O) groups excluding carboxylic acids is 1. The highest BCUT2D eigenvalue weighted by Gasteiger charge is 2.70. The van der Waals surface area contributed by atoms with E-state index in [2.05, 4.69) is 47.6 Å². The van der Waals surface area contributed by atoms with Gasteiger partial charge in [-0.1, -0.05) is 47.1 Å². The Balaban J connectivity index is 1.63. The summed E-state index contributed by atoms with van der Waals surface area (Å²) in [6.45, 7) is 16.2. The van der Waals surface area contributed by atoms with Gasteiger partial charge in [-0.25, -0.2) is 0 Å². The lowest BCUT2D eigenvalue weighted by Crippen LogP contribution is -2.66. The summed E-state index contributed by atoms with van der Waals surface area (Å²) in [5.41, 5.74) is 0.697. The van der Waals surface area contributed by atoms with Crippen LogP contribution in [0, 0.1) is 44.8 Å². The van der Waals surface area contributed by atoms with Crippen molar-refractivity contribution in [3.05, 3.63) is 11.6 Å². The lowest BCUT2D eigenvalue weighted by molar-refractivity contribution is -0.203. The van der Waals surface area contributed by atoms with Gasteiger partial charge in [-0.05, 0) is 110 Å². The van der Waals surface area contributed by atoms with Crippen LogP contribution in [0.3, 0.4) is 0 Å². The van der Waals surface area contributed by atoms with E-state index in [4.69, 9.17) is 0 Å². The van der Waals surface area contributed by atoms with E-state index in [1.165, 1.54) is 12.0 Å². The average molecular weight is 443 g/mol. The van der Waals surface area contributed by atoms with E-state index in [-0.39, 0.29) is 39.1 Å². The van der Waals surface area contributed by atoms with Crippen LogP contribution in [0.2, 0.25) is 0 Å². The average Bonchev–Trinajstić information content (AvgIpc) is 2.68. The molecule has 0 saturated heterocycles. The predicted octanol–water partition coefficient (Wildman–Crippen LogP) is 6.07. The molecule has 0 radical (unpaired) electrons. The third kappa shape index (κ3) is 2.70. The Morgan fingerprint density at radius 3 is 2.22 bits per heavy atom. The molecule has 3 heteroatoms. The first kappa shape index (κ1) is 23.1. The largest absolute Gasteiger partial charge is 0.393 e. The molecule has 0 aliphatic heterocycles. The Morgan fingerprint density at radius 2 is 1.53 bits per heavy atom. The molecule has 0 aromatic heterocycles. The Hall–Kier alpha value is -0.670. The molecular weight excluding hydrogens is 396 g/mol. The second kappa shape index (κ2) is 6.51. The van der Waals surface area contributed by atoms with Gasteiger partial charge in [0, 0.05) is 5.92 Å². The van der Waals surface area contributed by atoms with Gasteiger partial charge < -0.3 is 10.2 Å². The lowest BCUT2D eigenvalue weighted by atomic mass is 9.33. The van der Waals surface area contributed by atoms with Gasteiger partial charge in [0.15, 0.2) is 5.78 Å². The number of hydrogen-bond donors (Lipinski definition) is 2. The van der Waals surface area contributed by atoms with Crippen LogP contribution in [0.25, 0.3) is 0 Å². The molecule has 0 amide bonds. The minimum absolute atomic E-state index is 0.0113. The van der Waals surface area contributed by atoms with Crippen molar-refractivity contribution in [1.82, 2.24) is 0 Å². The quantitative estimate of drug-likeness (QED) is 0.478. The molecule has 4 fully saturated rings. The summed E-state index contributed by atoms with van der Waals surface area (Å²) in [4.78, 5) is 14.1. The Labute approximate surface area is 195 Å². The topological polar surface area (TPSA) is 57.5 Å². The first-order chi connectivity index (χ1) is 14.6. The maximum absolute atomic E-state index is 14.1. The summed E-state index contributed by atoms with van der Waals surface area (Å²) in [7, 11) is 0.